The predicted molar refractivity (Wildman–Crippen MR) is 72.9 cm³/mol. The number of hydrogen-bond donors (Lipinski definition) is 0. The molecule has 0 spiro atoms. The van der Waals surface area contributed by atoms with Gasteiger partial charge in [0.1, 0.15) is 6.61 Å². The Labute approximate surface area is 112 Å². The molecule has 2 rings (SSSR count). The second-order valence-electron chi connectivity index (χ2n) is 4.07. The number of rotatable bonds is 5. The van der Waals surface area contributed by atoms with Crippen LogP contribution in [0.25, 0.3) is 0 Å². The summed E-state index contributed by atoms with van der Waals surface area (Å²) in [7, 11) is 0. The zero-order valence-corrected chi connectivity index (χ0v) is 10.8. The third-order valence-corrected chi connectivity index (χ3v) is 2.64. The van der Waals surface area contributed by atoms with Gasteiger partial charge in [-0.1, -0.05) is 24.3 Å². The summed E-state index contributed by atoms with van der Waals surface area (Å²) in [5, 5.41) is 4.14. The number of aromatic nitrogens is 2. The molecule has 0 bridgehead atoms. The average molecular weight is 256 g/mol. The molecule has 0 atom stereocenters. The highest BCUT2D eigenvalue weighted by atomic mass is 16.5. The first-order chi connectivity index (χ1) is 9.29. The molecule has 98 valence electrons. The van der Waals surface area contributed by atoms with Gasteiger partial charge in [0, 0.05) is 12.4 Å². The minimum atomic E-state index is -0.302. The number of hydrogen-bond acceptors (Lipinski definition) is 3. The van der Waals surface area contributed by atoms with E-state index in [2.05, 4.69) is 5.10 Å². The van der Waals surface area contributed by atoms with E-state index in [-0.39, 0.29) is 5.97 Å². The van der Waals surface area contributed by atoms with Gasteiger partial charge in [-0.3, -0.25) is 4.68 Å². The first-order valence-electron chi connectivity index (χ1n) is 6.14. The second kappa shape index (κ2) is 6.54. The van der Waals surface area contributed by atoms with Gasteiger partial charge in [-0.05, 0) is 30.7 Å². The molecule has 0 aliphatic rings. The smallest absolute Gasteiger partial charge is 0.338 e. The van der Waals surface area contributed by atoms with Crippen LogP contribution in [0.2, 0.25) is 0 Å². The fraction of sp³-hybridized carbons (Fsp3) is 0.200. The quantitative estimate of drug-likeness (QED) is 0.610. The van der Waals surface area contributed by atoms with Gasteiger partial charge in [-0.15, -0.1) is 0 Å². The maximum Gasteiger partial charge on any atom is 0.338 e. The van der Waals surface area contributed by atoms with E-state index in [0.29, 0.717) is 18.7 Å². The Morgan fingerprint density at radius 2 is 2.16 bits per heavy atom. The van der Waals surface area contributed by atoms with Crippen LogP contribution < -0.4 is 0 Å². The van der Waals surface area contributed by atoms with Gasteiger partial charge in [-0.2, -0.15) is 5.10 Å². The second-order valence-corrected chi connectivity index (χ2v) is 4.07. The fourth-order valence-corrected chi connectivity index (χ4v) is 1.63. The molecule has 0 radical (unpaired) electrons. The Morgan fingerprint density at radius 3 is 2.79 bits per heavy atom. The van der Waals surface area contributed by atoms with Crippen LogP contribution in [-0.4, -0.2) is 22.4 Å². The van der Waals surface area contributed by atoms with Crippen LogP contribution in [0.5, 0.6) is 0 Å². The molecule has 2 aromatic rings. The Bertz CT molecular complexity index is 542. The summed E-state index contributed by atoms with van der Waals surface area (Å²) in [6.45, 7) is 2.89. The fourth-order valence-electron chi connectivity index (χ4n) is 1.63. The Kier molecular flexibility index (Phi) is 4.50. The number of nitrogens with zero attached hydrogens (tertiary/aromatic N) is 2. The Balaban J connectivity index is 1.96. The summed E-state index contributed by atoms with van der Waals surface area (Å²) in [6.07, 6.45) is 7.29. The summed E-state index contributed by atoms with van der Waals surface area (Å²) >= 11 is 0. The highest BCUT2D eigenvalue weighted by Gasteiger charge is 2.05. The molecule has 0 N–H and O–H groups in total. The van der Waals surface area contributed by atoms with E-state index in [1.54, 1.807) is 24.4 Å². The number of benzene rings is 1. The molecular weight excluding hydrogens is 240 g/mol. The van der Waals surface area contributed by atoms with E-state index >= 15 is 0 Å². The van der Waals surface area contributed by atoms with E-state index in [0.717, 1.165) is 5.56 Å². The highest BCUT2D eigenvalue weighted by Crippen LogP contribution is 2.07. The van der Waals surface area contributed by atoms with E-state index in [4.69, 9.17) is 4.74 Å². The van der Waals surface area contributed by atoms with Crippen LogP contribution in [0.4, 0.5) is 0 Å². The molecule has 0 fully saturated rings. The molecule has 1 aromatic carbocycles. The molecule has 19 heavy (non-hydrogen) atoms. The monoisotopic (exact) mass is 256 g/mol. The molecule has 4 heteroatoms. The lowest BCUT2D eigenvalue weighted by molar-refractivity contribution is 0.0549. The highest BCUT2D eigenvalue weighted by molar-refractivity contribution is 5.89. The molecule has 0 aliphatic carbocycles. The predicted octanol–water partition coefficient (Wildman–Crippen LogP) is 2.66. The summed E-state index contributed by atoms with van der Waals surface area (Å²) in [5.41, 5.74) is 1.66. The zero-order chi connectivity index (χ0) is 13.5. The first kappa shape index (κ1) is 13.1. The molecule has 4 nitrogen and oxygen atoms in total. The summed E-state index contributed by atoms with van der Waals surface area (Å²) in [6, 6.07) is 9.25. The van der Waals surface area contributed by atoms with Crippen LogP contribution in [0.1, 0.15) is 22.8 Å². The molecule has 1 aromatic heterocycles. The van der Waals surface area contributed by atoms with Crippen LogP contribution in [0.15, 0.2) is 54.9 Å². The van der Waals surface area contributed by atoms with Crippen molar-refractivity contribution >= 4 is 5.97 Å². The van der Waals surface area contributed by atoms with Crippen LogP contribution in [-0.2, 0) is 11.3 Å². The summed E-state index contributed by atoms with van der Waals surface area (Å²) in [5.74, 6) is -0.302. The molecule has 0 saturated heterocycles. The maximum atomic E-state index is 11.7. The van der Waals surface area contributed by atoms with Crippen molar-refractivity contribution in [2.24, 2.45) is 0 Å². The minimum absolute atomic E-state index is 0.302. The SMILES string of the molecule is CC=CCOC(=O)c1ccc(Cn2cccn2)cc1. The van der Waals surface area contributed by atoms with Crippen molar-refractivity contribution < 1.29 is 9.53 Å². The molecule has 0 unspecified atom stereocenters. The van der Waals surface area contributed by atoms with Gasteiger partial charge < -0.3 is 4.74 Å². The Morgan fingerprint density at radius 1 is 1.37 bits per heavy atom. The van der Waals surface area contributed by atoms with Gasteiger partial charge in [-0.25, -0.2) is 4.79 Å². The van der Waals surface area contributed by atoms with E-state index in [1.165, 1.54) is 0 Å². The van der Waals surface area contributed by atoms with Crippen molar-refractivity contribution in [2.75, 3.05) is 6.61 Å². The molecule has 1 heterocycles. The van der Waals surface area contributed by atoms with Crippen LogP contribution in [0, 0.1) is 0 Å². The lowest BCUT2D eigenvalue weighted by Crippen LogP contribution is -2.06. The maximum absolute atomic E-state index is 11.7. The van der Waals surface area contributed by atoms with Crippen molar-refractivity contribution in [3.8, 4) is 0 Å². The van der Waals surface area contributed by atoms with Crippen molar-refractivity contribution in [3.63, 3.8) is 0 Å². The zero-order valence-electron chi connectivity index (χ0n) is 10.8. The molecule has 0 saturated carbocycles. The average Bonchev–Trinajstić information content (AvgIpc) is 2.93. The topological polar surface area (TPSA) is 44.1 Å². The first-order valence-corrected chi connectivity index (χ1v) is 6.14. The van der Waals surface area contributed by atoms with Gasteiger partial charge in [0.05, 0.1) is 12.1 Å². The minimum Gasteiger partial charge on any atom is -0.458 e. The van der Waals surface area contributed by atoms with E-state index in [9.17, 15) is 4.79 Å². The summed E-state index contributed by atoms with van der Waals surface area (Å²) in [4.78, 5) is 11.7. The molecule has 0 aliphatic heterocycles. The number of esters is 1. The third-order valence-electron chi connectivity index (χ3n) is 2.64. The number of carbonyl (C=O) groups is 1. The van der Waals surface area contributed by atoms with Crippen LogP contribution >= 0.6 is 0 Å². The lowest BCUT2D eigenvalue weighted by atomic mass is 10.1. The van der Waals surface area contributed by atoms with Crippen molar-refractivity contribution in [2.45, 2.75) is 13.5 Å². The van der Waals surface area contributed by atoms with Crippen molar-refractivity contribution in [1.82, 2.24) is 9.78 Å². The van der Waals surface area contributed by atoms with Gasteiger partial charge in [0.25, 0.3) is 0 Å². The molecular formula is C15H16N2O2. The van der Waals surface area contributed by atoms with Crippen molar-refractivity contribution in [1.29, 1.82) is 0 Å². The van der Waals surface area contributed by atoms with Gasteiger partial charge in [0.2, 0.25) is 0 Å². The van der Waals surface area contributed by atoms with E-state index < -0.39 is 0 Å². The van der Waals surface area contributed by atoms with Gasteiger partial charge in [0.15, 0.2) is 0 Å². The van der Waals surface area contributed by atoms with E-state index in [1.807, 2.05) is 42.1 Å². The lowest BCUT2D eigenvalue weighted by Gasteiger charge is -2.04. The molecule has 0 amide bonds. The Hall–Kier alpha value is -2.36. The normalized spacial score (nSPS) is 10.8. The third kappa shape index (κ3) is 3.81. The van der Waals surface area contributed by atoms with Crippen LogP contribution in [0.3, 0.4) is 0 Å². The summed E-state index contributed by atoms with van der Waals surface area (Å²) < 4.78 is 6.90. The standard InChI is InChI=1S/C15H16N2O2/c1-2-3-11-19-15(18)14-7-5-13(6-8-14)12-17-10-4-9-16-17/h2-10H,11-12H2,1H3. The largest absolute Gasteiger partial charge is 0.458 e. The van der Waals surface area contributed by atoms with Crippen molar-refractivity contribution in [3.05, 3.63) is 66.0 Å². The number of ether oxygens (including phenoxy) is 1. The van der Waals surface area contributed by atoms with Gasteiger partial charge >= 0.3 is 5.97 Å². The number of allylic oxidation sites excluding steroid dienone is 1. The number of carbonyl (C=O) groups excluding carboxylic acids is 1.